The lowest BCUT2D eigenvalue weighted by atomic mass is 10.3. The average Bonchev–Trinajstić information content (AvgIpc) is 1.80. The van der Waals surface area contributed by atoms with E-state index in [4.69, 9.17) is 4.89 Å². The minimum atomic E-state index is -2.12. The fraction of sp³-hybridized carbons (Fsp3) is 1.00. The predicted octanol–water partition coefficient (Wildman–Crippen LogP) is 1.42. The average molecular weight is 150 g/mol. The highest BCUT2D eigenvalue weighted by Gasteiger charge is 2.05. The van der Waals surface area contributed by atoms with Gasteiger partial charge in [0.2, 0.25) is 0 Å². The van der Waals surface area contributed by atoms with E-state index in [1.807, 2.05) is 0 Å². The largest absolute Gasteiger partial charge is 0.610 e. The van der Waals surface area contributed by atoms with E-state index < -0.39 is 8.18 Å². The zero-order chi connectivity index (χ0) is 7.11. The summed E-state index contributed by atoms with van der Waals surface area (Å²) in [6, 6.07) is 0. The highest BCUT2D eigenvalue weighted by atomic mass is 31.1. The minimum Gasteiger partial charge on any atom is -0.144 e. The Hall–Kier alpha value is 0.0200. The smallest absolute Gasteiger partial charge is 0.144 e. The zero-order valence-electron chi connectivity index (χ0n) is 5.63. The summed E-state index contributed by atoms with van der Waals surface area (Å²) in [5, 5.41) is 2.45. The first-order valence-electron chi connectivity index (χ1n) is 3.17. The van der Waals surface area contributed by atoms with Gasteiger partial charge in [-0.1, -0.05) is 24.9 Å². The Bertz CT molecular complexity index is 87.0. The molecular weight excluding hydrogens is 137 g/mol. The number of hydrogen-bond donors (Lipinski definition) is 2. The van der Waals surface area contributed by atoms with Crippen LogP contribution in [0, 0.1) is 0 Å². The topological polar surface area (TPSA) is 49.3 Å². The maximum absolute atomic E-state index is 10.00. The van der Waals surface area contributed by atoms with Gasteiger partial charge in [0.15, 0.2) is 0 Å². The second kappa shape index (κ2) is 6.14. The summed E-state index contributed by atoms with van der Waals surface area (Å²) in [5.41, 5.74) is 0. The molecule has 0 aliphatic rings. The molecule has 0 saturated carbocycles. The molecule has 0 rings (SSSR count). The van der Waals surface area contributed by atoms with Crippen LogP contribution in [0.5, 0.6) is 0 Å². The van der Waals surface area contributed by atoms with Crippen molar-refractivity contribution in [2.24, 2.45) is 0 Å². The Morgan fingerprint density at radius 1 is 1.56 bits per heavy atom. The van der Waals surface area contributed by atoms with Gasteiger partial charge in [-0.15, -0.1) is 4.89 Å². The van der Waals surface area contributed by atoms with E-state index in [-0.39, 0.29) is 0 Å². The van der Waals surface area contributed by atoms with Crippen molar-refractivity contribution >= 4 is 8.18 Å². The van der Waals surface area contributed by atoms with Crippen molar-refractivity contribution in [1.29, 1.82) is 0 Å². The first-order chi connectivity index (χ1) is 4.27. The standard InChI is InChI=1S/C5H12NO2P/c1-2-3-4-5-6-9(7)8/h2-5H2,1H3,(H-,6,7,8)/p+1. The van der Waals surface area contributed by atoms with Gasteiger partial charge in [-0.05, 0) is 11.0 Å². The number of rotatable bonds is 5. The van der Waals surface area contributed by atoms with Crippen LogP contribution in [0.1, 0.15) is 26.2 Å². The van der Waals surface area contributed by atoms with E-state index in [0.29, 0.717) is 6.54 Å². The predicted molar refractivity (Wildman–Crippen MR) is 37.4 cm³/mol. The molecule has 0 heterocycles. The van der Waals surface area contributed by atoms with Gasteiger partial charge in [0.05, 0.1) is 0 Å². The molecular formula is C5H13NO2P+. The maximum atomic E-state index is 10.00. The fourth-order valence-corrected chi connectivity index (χ4v) is 0.899. The van der Waals surface area contributed by atoms with Crippen LogP contribution in [0.15, 0.2) is 0 Å². The van der Waals surface area contributed by atoms with Crippen LogP contribution in [0.3, 0.4) is 0 Å². The molecule has 0 saturated heterocycles. The number of nitrogens with one attached hydrogen (secondary N) is 1. The van der Waals surface area contributed by atoms with Gasteiger partial charge in [-0.2, -0.15) is 0 Å². The zero-order valence-corrected chi connectivity index (χ0v) is 6.53. The highest BCUT2D eigenvalue weighted by molar-refractivity contribution is 7.35. The fourth-order valence-electron chi connectivity index (χ4n) is 0.550. The van der Waals surface area contributed by atoms with Crippen LogP contribution in [-0.4, -0.2) is 11.4 Å². The molecule has 0 radical (unpaired) electrons. The van der Waals surface area contributed by atoms with Crippen molar-refractivity contribution in [2.45, 2.75) is 26.2 Å². The molecule has 0 spiro atoms. The summed E-state index contributed by atoms with van der Waals surface area (Å²) in [6.45, 7) is 2.75. The van der Waals surface area contributed by atoms with Crippen molar-refractivity contribution in [3.05, 3.63) is 0 Å². The third-order valence-corrected chi connectivity index (χ3v) is 1.52. The van der Waals surface area contributed by atoms with E-state index in [9.17, 15) is 4.57 Å². The molecule has 1 unspecified atom stereocenters. The van der Waals surface area contributed by atoms with Crippen LogP contribution in [-0.2, 0) is 4.57 Å². The van der Waals surface area contributed by atoms with Gasteiger partial charge in [0, 0.05) is 6.54 Å². The van der Waals surface area contributed by atoms with Gasteiger partial charge in [-0.3, -0.25) is 0 Å². The molecule has 0 bridgehead atoms. The van der Waals surface area contributed by atoms with Crippen LogP contribution in [0.25, 0.3) is 0 Å². The molecule has 0 aromatic carbocycles. The summed E-state index contributed by atoms with van der Waals surface area (Å²) in [5.74, 6) is 0. The van der Waals surface area contributed by atoms with E-state index in [1.165, 1.54) is 0 Å². The van der Waals surface area contributed by atoms with Gasteiger partial charge in [-0.25, -0.2) is 0 Å². The Morgan fingerprint density at radius 2 is 2.22 bits per heavy atom. The second-order valence-electron chi connectivity index (χ2n) is 1.89. The lowest BCUT2D eigenvalue weighted by molar-refractivity contribution is 0.487. The maximum Gasteiger partial charge on any atom is 0.610 e. The van der Waals surface area contributed by atoms with Crippen molar-refractivity contribution in [3.63, 3.8) is 0 Å². The molecule has 4 heteroatoms. The van der Waals surface area contributed by atoms with E-state index in [0.717, 1.165) is 19.3 Å². The van der Waals surface area contributed by atoms with Crippen LogP contribution < -0.4 is 5.09 Å². The normalized spacial score (nSPS) is 11.6. The summed E-state index contributed by atoms with van der Waals surface area (Å²) in [7, 11) is -2.12. The molecule has 0 fully saturated rings. The lowest BCUT2D eigenvalue weighted by Crippen LogP contribution is -2.03. The van der Waals surface area contributed by atoms with Crippen molar-refractivity contribution in [3.8, 4) is 0 Å². The first-order valence-corrected chi connectivity index (χ1v) is 4.38. The number of hydrogen-bond acceptors (Lipinski definition) is 1. The molecule has 0 aromatic rings. The van der Waals surface area contributed by atoms with Crippen LogP contribution >= 0.6 is 8.18 Å². The Balaban J connectivity index is 2.83. The quantitative estimate of drug-likeness (QED) is 0.460. The Kier molecular flexibility index (Phi) is 6.16. The lowest BCUT2D eigenvalue weighted by Gasteiger charge is -1.89. The molecule has 1 atom stereocenters. The molecule has 2 N–H and O–H groups in total. The van der Waals surface area contributed by atoms with Gasteiger partial charge in [0.1, 0.15) is 0 Å². The third kappa shape index (κ3) is 8.02. The van der Waals surface area contributed by atoms with E-state index >= 15 is 0 Å². The summed E-state index contributed by atoms with van der Waals surface area (Å²) < 4.78 is 10.00. The molecule has 54 valence electrons. The molecule has 0 amide bonds. The monoisotopic (exact) mass is 150 g/mol. The van der Waals surface area contributed by atoms with Gasteiger partial charge >= 0.3 is 8.18 Å². The Morgan fingerprint density at radius 3 is 2.67 bits per heavy atom. The Labute approximate surface area is 56.4 Å². The van der Waals surface area contributed by atoms with Crippen molar-refractivity contribution < 1.29 is 9.46 Å². The van der Waals surface area contributed by atoms with Crippen molar-refractivity contribution in [2.75, 3.05) is 6.54 Å². The van der Waals surface area contributed by atoms with Gasteiger partial charge < -0.3 is 0 Å². The highest BCUT2D eigenvalue weighted by Crippen LogP contribution is 2.04. The van der Waals surface area contributed by atoms with Crippen LogP contribution in [0.4, 0.5) is 0 Å². The molecule has 9 heavy (non-hydrogen) atoms. The molecule has 0 aliphatic heterocycles. The second-order valence-corrected chi connectivity index (χ2v) is 2.75. The van der Waals surface area contributed by atoms with Gasteiger partial charge in [0.25, 0.3) is 0 Å². The third-order valence-electron chi connectivity index (χ3n) is 1.03. The minimum absolute atomic E-state index is 0.652. The molecule has 0 aromatic heterocycles. The SMILES string of the molecule is CCCCCN[P+](=O)O. The number of unbranched alkanes of at least 4 members (excludes halogenated alkanes) is 2. The van der Waals surface area contributed by atoms with E-state index in [2.05, 4.69) is 12.0 Å². The first kappa shape index (κ1) is 9.02. The van der Waals surface area contributed by atoms with E-state index in [1.54, 1.807) is 0 Å². The molecule has 0 aliphatic carbocycles. The van der Waals surface area contributed by atoms with Crippen LogP contribution in [0.2, 0.25) is 0 Å². The summed E-state index contributed by atoms with van der Waals surface area (Å²) in [4.78, 5) is 8.25. The van der Waals surface area contributed by atoms with Crippen molar-refractivity contribution in [1.82, 2.24) is 5.09 Å². The molecule has 3 nitrogen and oxygen atoms in total. The summed E-state index contributed by atoms with van der Waals surface area (Å²) >= 11 is 0. The summed E-state index contributed by atoms with van der Waals surface area (Å²) in [6.07, 6.45) is 3.25.